The fourth-order valence-electron chi connectivity index (χ4n) is 2.21. The number of aromatic nitrogens is 2. The van der Waals surface area contributed by atoms with E-state index in [1.54, 1.807) is 6.20 Å². The van der Waals surface area contributed by atoms with Gasteiger partial charge in [0.05, 0.1) is 12.7 Å². The Bertz CT molecular complexity index is 638. The third-order valence-corrected chi connectivity index (χ3v) is 3.41. The Kier molecular flexibility index (Phi) is 6.35. The molecule has 0 saturated carbocycles. The molecule has 0 atom stereocenters. The Morgan fingerprint density at radius 3 is 2.57 bits per heavy atom. The van der Waals surface area contributed by atoms with Gasteiger partial charge in [-0.25, -0.2) is 0 Å². The summed E-state index contributed by atoms with van der Waals surface area (Å²) in [6, 6.07) is 10.0. The van der Waals surface area contributed by atoms with Crippen LogP contribution in [0.2, 0.25) is 0 Å². The van der Waals surface area contributed by atoms with Gasteiger partial charge in [0.15, 0.2) is 0 Å². The van der Waals surface area contributed by atoms with Gasteiger partial charge < -0.3 is 10.4 Å². The molecule has 2 rings (SSSR count). The summed E-state index contributed by atoms with van der Waals surface area (Å²) < 4.78 is 1.84. The second kappa shape index (κ2) is 8.73. The molecule has 122 valence electrons. The molecular formula is C17H21N3O3. The number of nitrogens with one attached hydrogen (secondary N) is 1. The molecule has 23 heavy (non-hydrogen) atoms. The highest BCUT2D eigenvalue weighted by molar-refractivity contribution is 5.75. The predicted molar refractivity (Wildman–Crippen MR) is 85.7 cm³/mol. The number of carbonyl (C=O) groups excluding carboxylic acids is 1. The molecule has 0 aliphatic rings. The normalized spacial score (nSPS) is 10.4. The van der Waals surface area contributed by atoms with Crippen molar-refractivity contribution in [2.75, 3.05) is 0 Å². The monoisotopic (exact) mass is 315 g/mol. The van der Waals surface area contributed by atoms with Gasteiger partial charge in [-0.2, -0.15) is 5.10 Å². The first kappa shape index (κ1) is 16.7. The van der Waals surface area contributed by atoms with E-state index in [1.165, 1.54) is 5.56 Å². The highest BCUT2D eigenvalue weighted by atomic mass is 16.4. The van der Waals surface area contributed by atoms with Crippen molar-refractivity contribution < 1.29 is 14.7 Å². The van der Waals surface area contributed by atoms with Crippen LogP contribution >= 0.6 is 0 Å². The van der Waals surface area contributed by atoms with E-state index in [0.29, 0.717) is 32.4 Å². The summed E-state index contributed by atoms with van der Waals surface area (Å²) in [5, 5.41) is 15.6. The van der Waals surface area contributed by atoms with Crippen molar-refractivity contribution in [1.82, 2.24) is 15.1 Å². The van der Waals surface area contributed by atoms with Gasteiger partial charge in [-0.15, -0.1) is 0 Å². The van der Waals surface area contributed by atoms with Crippen molar-refractivity contribution >= 4 is 11.9 Å². The molecule has 0 aliphatic heterocycles. The van der Waals surface area contributed by atoms with Gasteiger partial charge in [0.2, 0.25) is 5.91 Å². The van der Waals surface area contributed by atoms with E-state index in [9.17, 15) is 9.59 Å². The van der Waals surface area contributed by atoms with Crippen LogP contribution in [-0.4, -0.2) is 26.8 Å². The highest BCUT2D eigenvalue weighted by Gasteiger charge is 2.04. The number of hydrogen-bond acceptors (Lipinski definition) is 3. The second-order valence-corrected chi connectivity index (χ2v) is 5.41. The second-order valence-electron chi connectivity index (χ2n) is 5.41. The molecule has 2 aromatic rings. The van der Waals surface area contributed by atoms with Crippen molar-refractivity contribution in [2.45, 2.75) is 38.8 Å². The van der Waals surface area contributed by atoms with E-state index in [2.05, 4.69) is 10.4 Å². The molecule has 6 nitrogen and oxygen atoms in total. The van der Waals surface area contributed by atoms with Crippen molar-refractivity contribution in [1.29, 1.82) is 0 Å². The minimum absolute atomic E-state index is 0.0637. The first-order valence-corrected chi connectivity index (χ1v) is 7.67. The van der Waals surface area contributed by atoms with Crippen LogP contribution in [0.1, 0.15) is 36.8 Å². The van der Waals surface area contributed by atoms with E-state index in [-0.39, 0.29) is 12.3 Å². The molecule has 6 heteroatoms. The maximum absolute atomic E-state index is 11.7. The van der Waals surface area contributed by atoms with Gasteiger partial charge in [0, 0.05) is 31.1 Å². The van der Waals surface area contributed by atoms with E-state index >= 15 is 0 Å². The topological polar surface area (TPSA) is 84.2 Å². The van der Waals surface area contributed by atoms with E-state index < -0.39 is 5.97 Å². The number of hydrogen-bond donors (Lipinski definition) is 2. The summed E-state index contributed by atoms with van der Waals surface area (Å²) in [6.07, 6.45) is 5.24. The predicted octanol–water partition coefficient (Wildman–Crippen LogP) is 2.19. The Labute approximate surface area is 135 Å². The van der Waals surface area contributed by atoms with E-state index in [1.807, 2.05) is 41.2 Å². The summed E-state index contributed by atoms with van der Waals surface area (Å²) in [4.78, 5) is 22.1. The number of nitrogens with zero attached hydrogens (tertiary/aromatic N) is 2. The van der Waals surface area contributed by atoms with Gasteiger partial charge in [0.25, 0.3) is 0 Å². The van der Waals surface area contributed by atoms with Crippen LogP contribution in [0.4, 0.5) is 0 Å². The van der Waals surface area contributed by atoms with Gasteiger partial charge in [0.1, 0.15) is 0 Å². The number of benzene rings is 1. The number of rotatable bonds is 9. The third kappa shape index (κ3) is 6.34. The molecule has 0 aliphatic carbocycles. The van der Waals surface area contributed by atoms with Crippen molar-refractivity contribution in [3.63, 3.8) is 0 Å². The minimum Gasteiger partial charge on any atom is -0.481 e. The number of aliphatic carboxylic acids is 1. The molecule has 0 saturated heterocycles. The summed E-state index contributed by atoms with van der Waals surface area (Å²) >= 11 is 0. The summed E-state index contributed by atoms with van der Waals surface area (Å²) in [6.45, 7) is 1.14. The molecule has 0 spiro atoms. The average molecular weight is 315 g/mol. The molecule has 0 bridgehead atoms. The highest BCUT2D eigenvalue weighted by Crippen LogP contribution is 2.04. The number of carbonyl (C=O) groups is 2. The Balaban J connectivity index is 1.70. The molecule has 1 heterocycles. The quantitative estimate of drug-likeness (QED) is 0.695. The van der Waals surface area contributed by atoms with Crippen LogP contribution in [0.3, 0.4) is 0 Å². The van der Waals surface area contributed by atoms with Gasteiger partial charge >= 0.3 is 5.97 Å². The van der Waals surface area contributed by atoms with Crippen molar-refractivity contribution in [2.24, 2.45) is 0 Å². The molecule has 2 N–H and O–H groups in total. The molecule has 0 radical (unpaired) electrons. The van der Waals surface area contributed by atoms with Crippen LogP contribution in [-0.2, 0) is 22.7 Å². The number of carboxylic acids is 1. The van der Waals surface area contributed by atoms with Gasteiger partial charge in [-0.1, -0.05) is 30.3 Å². The molecule has 1 aromatic heterocycles. The Morgan fingerprint density at radius 2 is 1.83 bits per heavy atom. The average Bonchev–Trinajstić information content (AvgIpc) is 2.98. The maximum atomic E-state index is 11.7. The summed E-state index contributed by atoms with van der Waals surface area (Å²) in [5.74, 6) is -0.887. The Hall–Kier alpha value is -2.63. The van der Waals surface area contributed by atoms with Crippen LogP contribution in [0.25, 0.3) is 0 Å². The molecular weight excluding hydrogens is 294 g/mol. The van der Waals surface area contributed by atoms with Gasteiger partial charge in [-0.3, -0.25) is 14.3 Å². The van der Waals surface area contributed by atoms with Crippen LogP contribution < -0.4 is 5.32 Å². The largest absolute Gasteiger partial charge is 0.481 e. The SMILES string of the molecule is O=C(O)CCCCC(=O)NCc1cnn(Cc2ccccc2)c1. The molecule has 0 fully saturated rings. The zero-order chi connectivity index (χ0) is 16.5. The van der Waals surface area contributed by atoms with Crippen LogP contribution in [0, 0.1) is 0 Å². The minimum atomic E-state index is -0.823. The molecule has 1 amide bonds. The lowest BCUT2D eigenvalue weighted by molar-refractivity contribution is -0.137. The number of amides is 1. The number of carboxylic acid groups (broad SMARTS) is 1. The summed E-state index contributed by atoms with van der Waals surface area (Å²) in [7, 11) is 0. The maximum Gasteiger partial charge on any atom is 0.303 e. The zero-order valence-electron chi connectivity index (χ0n) is 12.9. The molecule has 0 unspecified atom stereocenters. The smallest absolute Gasteiger partial charge is 0.303 e. The fraction of sp³-hybridized carbons (Fsp3) is 0.353. The first-order valence-electron chi connectivity index (χ1n) is 7.67. The lowest BCUT2D eigenvalue weighted by Gasteiger charge is -2.03. The van der Waals surface area contributed by atoms with E-state index in [0.717, 1.165) is 5.56 Å². The number of unbranched alkanes of at least 4 members (excludes halogenated alkanes) is 1. The lowest BCUT2D eigenvalue weighted by atomic mass is 10.2. The van der Waals surface area contributed by atoms with Gasteiger partial charge in [-0.05, 0) is 18.4 Å². The molecule has 1 aromatic carbocycles. The standard InChI is InChI=1S/C17H21N3O3/c21-16(8-4-5-9-17(22)23)18-10-15-11-19-20(13-15)12-14-6-2-1-3-7-14/h1-3,6-7,11,13H,4-5,8-10,12H2,(H,18,21)(H,22,23). The van der Waals surface area contributed by atoms with Crippen molar-refractivity contribution in [3.8, 4) is 0 Å². The van der Waals surface area contributed by atoms with Crippen molar-refractivity contribution in [3.05, 3.63) is 53.9 Å². The fourth-order valence-corrected chi connectivity index (χ4v) is 2.21. The summed E-state index contributed by atoms with van der Waals surface area (Å²) in [5.41, 5.74) is 2.12. The zero-order valence-corrected chi connectivity index (χ0v) is 12.9. The van der Waals surface area contributed by atoms with Crippen LogP contribution in [0.5, 0.6) is 0 Å². The van der Waals surface area contributed by atoms with Crippen LogP contribution in [0.15, 0.2) is 42.7 Å². The lowest BCUT2D eigenvalue weighted by Crippen LogP contribution is -2.22. The van der Waals surface area contributed by atoms with E-state index in [4.69, 9.17) is 5.11 Å². The third-order valence-electron chi connectivity index (χ3n) is 3.41. The Morgan fingerprint density at radius 1 is 1.09 bits per heavy atom. The first-order chi connectivity index (χ1) is 11.1.